The van der Waals surface area contributed by atoms with Gasteiger partial charge in [-0.15, -0.1) is 11.3 Å². The summed E-state index contributed by atoms with van der Waals surface area (Å²) >= 11 is 1.67. The largest absolute Gasteiger partial charge is 0.348 e. The van der Waals surface area contributed by atoms with Crippen molar-refractivity contribution in [1.82, 2.24) is 10.3 Å². The summed E-state index contributed by atoms with van der Waals surface area (Å²) in [6.07, 6.45) is 0.417. The quantitative estimate of drug-likeness (QED) is 0.933. The molecule has 0 aliphatic heterocycles. The lowest BCUT2D eigenvalue weighted by molar-refractivity contribution is -0.121. The van der Waals surface area contributed by atoms with E-state index in [4.69, 9.17) is 0 Å². The van der Waals surface area contributed by atoms with Crippen molar-refractivity contribution in [2.75, 3.05) is 0 Å². The standard InChI is InChI=1S/C17H22N2OS/c1-10-6-7-11(2)15(8-10)9-16(20)18-12(3)17-13(4)21-14(5)19-17/h6-8,12H,9H2,1-5H3,(H,18,20)/t12-/m0/s1. The van der Waals surface area contributed by atoms with Gasteiger partial charge in [0.05, 0.1) is 23.2 Å². The predicted octanol–water partition coefficient (Wildman–Crippen LogP) is 3.80. The Morgan fingerprint density at radius 1 is 1.29 bits per heavy atom. The van der Waals surface area contributed by atoms with Crippen LogP contribution < -0.4 is 5.32 Å². The zero-order valence-electron chi connectivity index (χ0n) is 13.3. The molecule has 0 aliphatic rings. The van der Waals surface area contributed by atoms with Gasteiger partial charge >= 0.3 is 0 Å². The number of rotatable bonds is 4. The third kappa shape index (κ3) is 3.91. The van der Waals surface area contributed by atoms with Crippen molar-refractivity contribution < 1.29 is 4.79 Å². The highest BCUT2D eigenvalue weighted by Gasteiger charge is 2.16. The van der Waals surface area contributed by atoms with Crippen molar-refractivity contribution in [2.24, 2.45) is 0 Å². The van der Waals surface area contributed by atoms with E-state index >= 15 is 0 Å². The molecule has 1 heterocycles. The SMILES string of the molecule is Cc1ccc(C)c(CC(=O)N[C@@H](C)c2nc(C)sc2C)c1. The van der Waals surface area contributed by atoms with E-state index in [1.807, 2.05) is 34.6 Å². The average Bonchev–Trinajstić information content (AvgIpc) is 2.73. The first-order valence-electron chi connectivity index (χ1n) is 7.16. The third-order valence-electron chi connectivity index (χ3n) is 3.58. The Morgan fingerprint density at radius 3 is 2.62 bits per heavy atom. The number of nitrogens with zero attached hydrogens (tertiary/aromatic N) is 1. The van der Waals surface area contributed by atoms with Crippen LogP contribution in [-0.4, -0.2) is 10.9 Å². The molecule has 0 fully saturated rings. The Labute approximate surface area is 130 Å². The molecule has 1 atom stereocenters. The summed E-state index contributed by atoms with van der Waals surface area (Å²) in [6.45, 7) is 10.1. The van der Waals surface area contributed by atoms with Gasteiger partial charge in [0.2, 0.25) is 5.91 Å². The van der Waals surface area contributed by atoms with Crippen LogP contribution in [0.2, 0.25) is 0 Å². The van der Waals surface area contributed by atoms with Crippen molar-refractivity contribution in [2.45, 2.75) is 47.1 Å². The average molecular weight is 302 g/mol. The lowest BCUT2D eigenvalue weighted by atomic mass is 10.0. The first kappa shape index (κ1) is 15.7. The number of nitrogens with one attached hydrogen (secondary N) is 1. The van der Waals surface area contributed by atoms with Crippen molar-refractivity contribution in [3.05, 3.63) is 50.5 Å². The first-order valence-corrected chi connectivity index (χ1v) is 7.98. The molecule has 1 N–H and O–H groups in total. The van der Waals surface area contributed by atoms with Crippen LogP contribution in [0.15, 0.2) is 18.2 Å². The topological polar surface area (TPSA) is 42.0 Å². The molecule has 3 nitrogen and oxygen atoms in total. The Balaban J connectivity index is 2.04. The lowest BCUT2D eigenvalue weighted by Crippen LogP contribution is -2.28. The van der Waals surface area contributed by atoms with Gasteiger partial charge in [0.15, 0.2) is 0 Å². The van der Waals surface area contributed by atoms with Gasteiger partial charge < -0.3 is 5.32 Å². The van der Waals surface area contributed by atoms with E-state index in [-0.39, 0.29) is 11.9 Å². The Kier molecular flexibility index (Phi) is 4.78. The van der Waals surface area contributed by atoms with Gasteiger partial charge in [-0.2, -0.15) is 0 Å². The maximum Gasteiger partial charge on any atom is 0.224 e. The zero-order valence-corrected chi connectivity index (χ0v) is 14.1. The summed E-state index contributed by atoms with van der Waals surface area (Å²) in [5, 5.41) is 4.09. The third-order valence-corrected chi connectivity index (χ3v) is 4.48. The van der Waals surface area contributed by atoms with Gasteiger partial charge in [0.1, 0.15) is 0 Å². The lowest BCUT2D eigenvalue weighted by Gasteiger charge is -2.14. The Hall–Kier alpha value is -1.68. The summed E-state index contributed by atoms with van der Waals surface area (Å²) in [5.41, 5.74) is 4.41. The summed E-state index contributed by atoms with van der Waals surface area (Å²) in [4.78, 5) is 17.9. The molecule has 112 valence electrons. The molecule has 0 aliphatic carbocycles. The second-order valence-electron chi connectivity index (χ2n) is 5.57. The van der Waals surface area contributed by atoms with Crippen LogP contribution in [0.4, 0.5) is 0 Å². The van der Waals surface area contributed by atoms with E-state index in [1.54, 1.807) is 11.3 Å². The number of amides is 1. The minimum atomic E-state index is -0.0486. The molecule has 0 unspecified atom stereocenters. The van der Waals surface area contributed by atoms with Gasteiger partial charge in [-0.3, -0.25) is 4.79 Å². The fourth-order valence-corrected chi connectivity index (χ4v) is 3.39. The highest BCUT2D eigenvalue weighted by atomic mass is 32.1. The molecule has 4 heteroatoms. The molecule has 0 saturated heterocycles. The molecule has 0 radical (unpaired) electrons. The zero-order chi connectivity index (χ0) is 15.6. The fraction of sp³-hybridized carbons (Fsp3) is 0.412. The number of benzene rings is 1. The summed E-state index contributed by atoms with van der Waals surface area (Å²) in [7, 11) is 0. The fourth-order valence-electron chi connectivity index (χ4n) is 2.47. The Morgan fingerprint density at radius 2 is 2.00 bits per heavy atom. The van der Waals surface area contributed by atoms with E-state index in [2.05, 4.69) is 28.5 Å². The number of aryl methyl sites for hydroxylation is 4. The van der Waals surface area contributed by atoms with E-state index < -0.39 is 0 Å². The molecule has 2 aromatic rings. The molecule has 0 spiro atoms. The highest BCUT2D eigenvalue weighted by Crippen LogP contribution is 2.22. The second-order valence-corrected chi connectivity index (χ2v) is 6.98. The number of thiazole rings is 1. The molecule has 0 saturated carbocycles. The maximum atomic E-state index is 12.2. The molecule has 1 amide bonds. The summed E-state index contributed by atoms with van der Waals surface area (Å²) in [5.74, 6) is 0.0428. The van der Waals surface area contributed by atoms with Gasteiger partial charge in [-0.1, -0.05) is 23.8 Å². The molecule has 0 bridgehead atoms. The van der Waals surface area contributed by atoms with Crippen LogP contribution in [0.5, 0.6) is 0 Å². The van der Waals surface area contributed by atoms with Crippen molar-refractivity contribution in [1.29, 1.82) is 0 Å². The van der Waals surface area contributed by atoms with Gasteiger partial charge in [0.25, 0.3) is 0 Å². The van der Waals surface area contributed by atoms with Crippen LogP contribution in [0.1, 0.15) is 45.2 Å². The molecule has 2 rings (SSSR count). The normalized spacial score (nSPS) is 12.2. The monoisotopic (exact) mass is 302 g/mol. The van der Waals surface area contributed by atoms with Gasteiger partial charge in [-0.25, -0.2) is 4.98 Å². The van der Waals surface area contributed by atoms with Crippen LogP contribution >= 0.6 is 11.3 Å². The minimum Gasteiger partial charge on any atom is -0.348 e. The van der Waals surface area contributed by atoms with Crippen LogP contribution in [0.3, 0.4) is 0 Å². The summed E-state index contributed by atoms with van der Waals surface area (Å²) < 4.78 is 0. The van der Waals surface area contributed by atoms with E-state index in [0.717, 1.165) is 21.8 Å². The molecular weight excluding hydrogens is 280 g/mol. The van der Waals surface area contributed by atoms with E-state index in [1.165, 1.54) is 10.4 Å². The number of hydrogen-bond donors (Lipinski definition) is 1. The van der Waals surface area contributed by atoms with Crippen molar-refractivity contribution >= 4 is 17.2 Å². The molecular formula is C17H22N2OS. The van der Waals surface area contributed by atoms with Crippen LogP contribution in [0.25, 0.3) is 0 Å². The van der Waals surface area contributed by atoms with E-state index in [0.29, 0.717) is 6.42 Å². The predicted molar refractivity (Wildman–Crippen MR) is 87.8 cm³/mol. The highest BCUT2D eigenvalue weighted by molar-refractivity contribution is 7.11. The van der Waals surface area contributed by atoms with Gasteiger partial charge in [0, 0.05) is 4.88 Å². The van der Waals surface area contributed by atoms with Crippen molar-refractivity contribution in [3.8, 4) is 0 Å². The van der Waals surface area contributed by atoms with Gasteiger partial charge in [-0.05, 0) is 45.7 Å². The number of carbonyl (C=O) groups excluding carboxylic acids is 1. The number of aromatic nitrogens is 1. The smallest absolute Gasteiger partial charge is 0.224 e. The first-order chi connectivity index (χ1) is 9.86. The van der Waals surface area contributed by atoms with Crippen LogP contribution in [0, 0.1) is 27.7 Å². The minimum absolute atomic E-state index is 0.0428. The molecule has 1 aromatic heterocycles. The van der Waals surface area contributed by atoms with Crippen molar-refractivity contribution in [3.63, 3.8) is 0 Å². The maximum absolute atomic E-state index is 12.2. The van der Waals surface area contributed by atoms with Crippen LogP contribution in [-0.2, 0) is 11.2 Å². The number of hydrogen-bond acceptors (Lipinski definition) is 3. The van der Waals surface area contributed by atoms with E-state index in [9.17, 15) is 4.79 Å². The molecule has 1 aromatic carbocycles. The summed E-state index contributed by atoms with van der Waals surface area (Å²) in [6, 6.07) is 6.17. The molecule has 21 heavy (non-hydrogen) atoms. The number of carbonyl (C=O) groups is 1. The second kappa shape index (κ2) is 6.39. The Bertz CT molecular complexity index is 661.